The summed E-state index contributed by atoms with van der Waals surface area (Å²) in [4.78, 5) is 28.3. The van der Waals surface area contributed by atoms with Crippen molar-refractivity contribution in [2.24, 2.45) is 7.05 Å². The van der Waals surface area contributed by atoms with Crippen molar-refractivity contribution in [3.05, 3.63) is 45.3 Å². The SMILES string of the molecule is CC(COc1cccc(Nc2cc(Br)cn(C)c2=O)n1)NC(=O)OC(C)(C)C. The highest BCUT2D eigenvalue weighted by Crippen LogP contribution is 2.18. The van der Waals surface area contributed by atoms with Crippen molar-refractivity contribution in [1.82, 2.24) is 14.9 Å². The monoisotopic (exact) mass is 452 g/mol. The van der Waals surface area contributed by atoms with Gasteiger partial charge < -0.3 is 24.7 Å². The number of hydrogen-bond acceptors (Lipinski definition) is 6. The van der Waals surface area contributed by atoms with E-state index in [1.54, 1.807) is 65.2 Å². The van der Waals surface area contributed by atoms with E-state index in [2.05, 4.69) is 31.5 Å². The van der Waals surface area contributed by atoms with E-state index in [-0.39, 0.29) is 18.2 Å². The lowest BCUT2D eigenvalue weighted by molar-refractivity contribution is 0.0493. The van der Waals surface area contributed by atoms with E-state index in [1.165, 1.54) is 4.57 Å². The van der Waals surface area contributed by atoms with Crippen LogP contribution < -0.4 is 20.9 Å². The number of nitrogens with one attached hydrogen (secondary N) is 2. The van der Waals surface area contributed by atoms with Gasteiger partial charge in [0, 0.05) is 23.8 Å². The molecule has 28 heavy (non-hydrogen) atoms. The number of ether oxygens (including phenoxy) is 2. The molecule has 1 unspecified atom stereocenters. The van der Waals surface area contributed by atoms with E-state index in [4.69, 9.17) is 9.47 Å². The molecule has 2 aromatic rings. The van der Waals surface area contributed by atoms with Gasteiger partial charge in [0.05, 0.1) is 6.04 Å². The third kappa shape index (κ3) is 6.88. The molecule has 8 nitrogen and oxygen atoms in total. The van der Waals surface area contributed by atoms with Gasteiger partial charge in [-0.25, -0.2) is 4.79 Å². The van der Waals surface area contributed by atoms with Gasteiger partial charge in [-0.05, 0) is 55.8 Å². The Morgan fingerprint density at radius 1 is 1.36 bits per heavy atom. The summed E-state index contributed by atoms with van der Waals surface area (Å²) in [6, 6.07) is 6.61. The number of pyridine rings is 2. The molecule has 0 saturated carbocycles. The maximum atomic E-state index is 12.2. The van der Waals surface area contributed by atoms with Gasteiger partial charge in [0.15, 0.2) is 0 Å². The molecule has 2 N–H and O–H groups in total. The smallest absolute Gasteiger partial charge is 0.407 e. The summed E-state index contributed by atoms with van der Waals surface area (Å²) in [6.45, 7) is 7.42. The number of carbonyl (C=O) groups is 1. The summed E-state index contributed by atoms with van der Waals surface area (Å²) >= 11 is 3.36. The van der Waals surface area contributed by atoms with Crippen molar-refractivity contribution >= 4 is 33.5 Å². The fraction of sp³-hybridized carbons (Fsp3) is 0.421. The summed E-state index contributed by atoms with van der Waals surface area (Å²) < 4.78 is 13.1. The molecule has 9 heteroatoms. The largest absolute Gasteiger partial charge is 0.475 e. The van der Waals surface area contributed by atoms with E-state index < -0.39 is 11.7 Å². The van der Waals surface area contributed by atoms with Crippen LogP contribution in [0.4, 0.5) is 16.3 Å². The molecule has 1 amide bonds. The molecule has 1 atom stereocenters. The number of anilines is 2. The zero-order chi connectivity index (χ0) is 20.9. The highest BCUT2D eigenvalue weighted by atomic mass is 79.9. The first-order chi connectivity index (χ1) is 13.0. The first kappa shape index (κ1) is 21.7. The fourth-order valence-electron chi connectivity index (χ4n) is 2.22. The van der Waals surface area contributed by atoms with Crippen molar-refractivity contribution < 1.29 is 14.3 Å². The zero-order valence-electron chi connectivity index (χ0n) is 16.6. The second-order valence-corrected chi connectivity index (χ2v) is 8.25. The van der Waals surface area contributed by atoms with Crippen molar-refractivity contribution in [3.63, 3.8) is 0 Å². The Kier molecular flexibility index (Phi) is 7.06. The average Bonchev–Trinajstić information content (AvgIpc) is 2.56. The summed E-state index contributed by atoms with van der Waals surface area (Å²) in [7, 11) is 1.67. The van der Waals surface area contributed by atoms with Crippen LogP contribution in [0, 0.1) is 0 Å². The highest BCUT2D eigenvalue weighted by molar-refractivity contribution is 9.10. The van der Waals surface area contributed by atoms with Gasteiger partial charge in [0.25, 0.3) is 5.56 Å². The summed E-state index contributed by atoms with van der Waals surface area (Å²) in [5.41, 5.74) is -0.344. The van der Waals surface area contributed by atoms with Crippen LogP contribution in [-0.2, 0) is 11.8 Å². The number of rotatable bonds is 6. The molecule has 0 aromatic carbocycles. The first-order valence-corrected chi connectivity index (χ1v) is 9.55. The number of carbonyl (C=O) groups excluding carboxylic acids is 1. The van der Waals surface area contributed by atoms with Gasteiger partial charge in [-0.3, -0.25) is 4.79 Å². The number of aryl methyl sites for hydroxylation is 1. The Morgan fingerprint density at radius 2 is 2.07 bits per heavy atom. The third-order valence-corrected chi connectivity index (χ3v) is 3.81. The van der Waals surface area contributed by atoms with Gasteiger partial charge in [0.1, 0.15) is 23.7 Å². The van der Waals surface area contributed by atoms with Crippen molar-refractivity contribution in [3.8, 4) is 5.88 Å². The molecular weight excluding hydrogens is 428 g/mol. The number of nitrogens with zero attached hydrogens (tertiary/aromatic N) is 2. The lowest BCUT2D eigenvalue weighted by Gasteiger charge is -2.22. The van der Waals surface area contributed by atoms with Crippen molar-refractivity contribution in [2.75, 3.05) is 11.9 Å². The maximum absolute atomic E-state index is 12.2. The number of halogens is 1. The summed E-state index contributed by atoms with van der Waals surface area (Å²) in [6.07, 6.45) is 1.18. The lowest BCUT2D eigenvalue weighted by atomic mass is 10.2. The minimum atomic E-state index is -0.560. The Bertz CT molecular complexity index is 892. The predicted molar refractivity (Wildman–Crippen MR) is 111 cm³/mol. The fourth-order valence-corrected chi connectivity index (χ4v) is 2.76. The third-order valence-electron chi connectivity index (χ3n) is 3.38. The van der Waals surface area contributed by atoms with Gasteiger partial charge in [-0.1, -0.05) is 6.07 Å². The molecule has 0 fully saturated rings. The number of hydrogen-bond donors (Lipinski definition) is 2. The zero-order valence-corrected chi connectivity index (χ0v) is 18.2. The Morgan fingerprint density at radius 3 is 2.75 bits per heavy atom. The average molecular weight is 453 g/mol. The van der Waals surface area contributed by atoms with Gasteiger partial charge in [0.2, 0.25) is 5.88 Å². The number of amides is 1. The van der Waals surface area contributed by atoms with Crippen LogP contribution >= 0.6 is 15.9 Å². The quantitative estimate of drug-likeness (QED) is 0.695. The van der Waals surface area contributed by atoms with Crippen LogP contribution in [-0.4, -0.2) is 33.9 Å². The molecule has 0 bridgehead atoms. The number of aromatic nitrogens is 2. The van der Waals surface area contributed by atoms with E-state index in [0.29, 0.717) is 17.4 Å². The van der Waals surface area contributed by atoms with Crippen molar-refractivity contribution in [1.29, 1.82) is 0 Å². The van der Waals surface area contributed by atoms with Crippen LogP contribution in [0.15, 0.2) is 39.7 Å². The van der Waals surface area contributed by atoms with Gasteiger partial charge in [-0.15, -0.1) is 0 Å². The maximum Gasteiger partial charge on any atom is 0.407 e. The molecule has 0 aliphatic rings. The molecule has 152 valence electrons. The Balaban J connectivity index is 1.97. The molecular formula is C19H25BrN4O4. The summed E-state index contributed by atoms with van der Waals surface area (Å²) in [5.74, 6) is 0.843. The van der Waals surface area contributed by atoms with Crippen LogP contribution in [0.5, 0.6) is 5.88 Å². The molecule has 0 aliphatic heterocycles. The second kappa shape index (κ2) is 9.09. The van der Waals surface area contributed by atoms with E-state index in [9.17, 15) is 9.59 Å². The van der Waals surface area contributed by atoms with E-state index in [1.807, 2.05) is 0 Å². The van der Waals surface area contributed by atoms with Gasteiger partial charge >= 0.3 is 6.09 Å². The Labute approximate surface area is 172 Å². The molecule has 0 radical (unpaired) electrons. The molecule has 2 aromatic heterocycles. The van der Waals surface area contributed by atoms with Crippen LogP contribution in [0.25, 0.3) is 0 Å². The van der Waals surface area contributed by atoms with Crippen LogP contribution in [0.1, 0.15) is 27.7 Å². The summed E-state index contributed by atoms with van der Waals surface area (Å²) in [5, 5.41) is 5.70. The highest BCUT2D eigenvalue weighted by Gasteiger charge is 2.18. The minimum Gasteiger partial charge on any atom is -0.475 e. The molecule has 0 spiro atoms. The first-order valence-electron chi connectivity index (χ1n) is 8.76. The molecule has 0 saturated heterocycles. The van der Waals surface area contributed by atoms with Crippen molar-refractivity contribution in [2.45, 2.75) is 39.3 Å². The molecule has 2 rings (SSSR count). The van der Waals surface area contributed by atoms with E-state index in [0.717, 1.165) is 4.47 Å². The molecule has 2 heterocycles. The van der Waals surface area contributed by atoms with Gasteiger partial charge in [-0.2, -0.15) is 4.98 Å². The Hall–Kier alpha value is -2.55. The topological polar surface area (TPSA) is 94.5 Å². The predicted octanol–water partition coefficient (Wildman–Crippen LogP) is 3.58. The normalized spacial score (nSPS) is 12.2. The van der Waals surface area contributed by atoms with E-state index >= 15 is 0 Å². The lowest BCUT2D eigenvalue weighted by Crippen LogP contribution is -2.40. The standard InChI is InChI=1S/C19H25BrN4O4/c1-12(21-18(26)28-19(2,3)4)11-27-16-8-6-7-15(23-16)22-14-9-13(20)10-24(5)17(14)25/h6-10,12H,11H2,1-5H3,(H,21,26)(H,22,23). The van der Waals surface area contributed by atoms with Crippen LogP contribution in [0.3, 0.4) is 0 Å². The number of alkyl carbamates (subject to hydrolysis) is 1. The minimum absolute atomic E-state index is 0.175. The second-order valence-electron chi connectivity index (χ2n) is 7.33. The van der Waals surface area contributed by atoms with Crippen LogP contribution in [0.2, 0.25) is 0 Å². The molecule has 0 aliphatic carbocycles.